The maximum atomic E-state index is 13.5. The molecule has 0 aliphatic heterocycles. The first-order chi connectivity index (χ1) is 8.02. The standard InChI is InChI=1S/C11H13F2N3O/c1-6(17-2)5-16-9-4-7(12)3-8(13)10(9)15-11(16)14/h3-4,6H,5H2,1-2H3,(H2,14,15). The molecule has 4 nitrogen and oxygen atoms in total. The van der Waals surface area contributed by atoms with Crippen molar-refractivity contribution in [3.05, 3.63) is 23.8 Å². The van der Waals surface area contributed by atoms with Crippen LogP contribution in [0.1, 0.15) is 6.92 Å². The van der Waals surface area contributed by atoms with Crippen molar-refractivity contribution < 1.29 is 13.5 Å². The Morgan fingerprint density at radius 2 is 2.18 bits per heavy atom. The molecular formula is C11H13F2N3O. The average molecular weight is 241 g/mol. The van der Waals surface area contributed by atoms with Gasteiger partial charge in [0, 0.05) is 19.2 Å². The predicted octanol–water partition coefficient (Wildman–Crippen LogP) is 1.93. The normalized spacial score (nSPS) is 13.2. The highest BCUT2D eigenvalue weighted by Crippen LogP contribution is 2.22. The molecule has 0 radical (unpaired) electrons. The lowest BCUT2D eigenvalue weighted by atomic mass is 10.3. The topological polar surface area (TPSA) is 53.1 Å². The SMILES string of the molecule is COC(C)Cn1c(N)nc2c(F)cc(F)cc21. The Balaban J connectivity index is 2.58. The van der Waals surface area contributed by atoms with Gasteiger partial charge in [-0.05, 0) is 6.92 Å². The molecule has 2 rings (SSSR count). The zero-order valence-corrected chi connectivity index (χ0v) is 9.58. The van der Waals surface area contributed by atoms with Crippen molar-refractivity contribution in [3.63, 3.8) is 0 Å². The Labute approximate surface area is 97.0 Å². The molecule has 2 N–H and O–H groups in total. The Bertz CT molecular complexity index is 553. The lowest BCUT2D eigenvalue weighted by molar-refractivity contribution is 0.105. The van der Waals surface area contributed by atoms with Gasteiger partial charge in [-0.1, -0.05) is 0 Å². The summed E-state index contributed by atoms with van der Waals surface area (Å²) in [6.45, 7) is 2.22. The second-order valence-electron chi connectivity index (χ2n) is 3.88. The summed E-state index contributed by atoms with van der Waals surface area (Å²) in [6.07, 6.45) is -0.124. The number of benzene rings is 1. The van der Waals surface area contributed by atoms with Gasteiger partial charge < -0.3 is 15.0 Å². The molecule has 1 aromatic carbocycles. The number of nitrogens with zero attached hydrogens (tertiary/aromatic N) is 2. The minimum absolute atomic E-state index is 0.0761. The van der Waals surface area contributed by atoms with E-state index in [9.17, 15) is 8.78 Å². The van der Waals surface area contributed by atoms with E-state index in [2.05, 4.69) is 4.98 Å². The lowest BCUT2D eigenvalue weighted by Gasteiger charge is -2.12. The molecule has 0 aliphatic carbocycles. The summed E-state index contributed by atoms with van der Waals surface area (Å²) < 4.78 is 33.2. The minimum atomic E-state index is -0.712. The summed E-state index contributed by atoms with van der Waals surface area (Å²) >= 11 is 0. The predicted molar refractivity (Wildman–Crippen MR) is 60.5 cm³/mol. The van der Waals surface area contributed by atoms with Gasteiger partial charge in [-0.25, -0.2) is 13.8 Å². The molecule has 0 spiro atoms. The molecule has 2 aromatic rings. The smallest absolute Gasteiger partial charge is 0.201 e. The van der Waals surface area contributed by atoms with E-state index in [1.165, 1.54) is 10.6 Å². The lowest BCUT2D eigenvalue weighted by Crippen LogP contribution is -2.16. The molecule has 0 fully saturated rings. The van der Waals surface area contributed by atoms with Gasteiger partial charge in [0.2, 0.25) is 5.95 Å². The Morgan fingerprint density at radius 3 is 2.82 bits per heavy atom. The van der Waals surface area contributed by atoms with Crippen molar-refractivity contribution in [1.29, 1.82) is 0 Å². The molecule has 1 aromatic heterocycles. The Morgan fingerprint density at radius 1 is 1.47 bits per heavy atom. The Hall–Kier alpha value is -1.69. The highest BCUT2D eigenvalue weighted by Gasteiger charge is 2.15. The highest BCUT2D eigenvalue weighted by atomic mass is 19.1. The van der Waals surface area contributed by atoms with Crippen molar-refractivity contribution in [3.8, 4) is 0 Å². The van der Waals surface area contributed by atoms with E-state index in [-0.39, 0.29) is 17.6 Å². The first-order valence-corrected chi connectivity index (χ1v) is 5.16. The van der Waals surface area contributed by atoms with Gasteiger partial charge in [0.15, 0.2) is 5.82 Å². The number of hydrogen-bond acceptors (Lipinski definition) is 3. The number of ether oxygens (including phenoxy) is 1. The molecule has 0 aliphatic rings. The van der Waals surface area contributed by atoms with Crippen molar-refractivity contribution in [1.82, 2.24) is 9.55 Å². The van der Waals surface area contributed by atoms with Gasteiger partial charge in [0.25, 0.3) is 0 Å². The van der Waals surface area contributed by atoms with Crippen molar-refractivity contribution >= 4 is 17.0 Å². The molecule has 0 bridgehead atoms. The van der Waals surface area contributed by atoms with Gasteiger partial charge in [-0.2, -0.15) is 0 Å². The zero-order valence-electron chi connectivity index (χ0n) is 9.58. The van der Waals surface area contributed by atoms with E-state index in [4.69, 9.17) is 10.5 Å². The van der Waals surface area contributed by atoms with Crippen LogP contribution >= 0.6 is 0 Å². The number of methoxy groups -OCH3 is 1. The fourth-order valence-electron chi connectivity index (χ4n) is 1.69. The fourth-order valence-corrected chi connectivity index (χ4v) is 1.69. The van der Waals surface area contributed by atoms with E-state index in [1.807, 2.05) is 6.92 Å². The maximum absolute atomic E-state index is 13.5. The molecule has 1 atom stereocenters. The van der Waals surface area contributed by atoms with Crippen molar-refractivity contribution in [2.24, 2.45) is 0 Å². The third kappa shape index (κ3) is 2.08. The van der Waals surface area contributed by atoms with Gasteiger partial charge in [0.05, 0.1) is 18.2 Å². The molecule has 0 saturated heterocycles. The van der Waals surface area contributed by atoms with E-state index < -0.39 is 11.6 Å². The molecule has 92 valence electrons. The number of aromatic nitrogens is 2. The van der Waals surface area contributed by atoms with E-state index in [1.54, 1.807) is 7.11 Å². The van der Waals surface area contributed by atoms with Gasteiger partial charge in [-0.15, -0.1) is 0 Å². The van der Waals surface area contributed by atoms with Crippen LogP contribution in [0.25, 0.3) is 11.0 Å². The second-order valence-corrected chi connectivity index (χ2v) is 3.88. The first-order valence-electron chi connectivity index (χ1n) is 5.16. The minimum Gasteiger partial charge on any atom is -0.380 e. The number of anilines is 1. The molecule has 6 heteroatoms. The first kappa shape index (κ1) is 11.8. The van der Waals surface area contributed by atoms with Crippen LogP contribution in [0.3, 0.4) is 0 Å². The van der Waals surface area contributed by atoms with Crippen molar-refractivity contribution in [2.75, 3.05) is 12.8 Å². The van der Waals surface area contributed by atoms with E-state index in [0.717, 1.165) is 6.07 Å². The summed E-state index contributed by atoms with van der Waals surface area (Å²) in [7, 11) is 1.56. The van der Waals surface area contributed by atoms with Crippen LogP contribution in [0.2, 0.25) is 0 Å². The monoisotopic (exact) mass is 241 g/mol. The molecule has 0 amide bonds. The third-order valence-corrected chi connectivity index (χ3v) is 2.64. The van der Waals surface area contributed by atoms with Crippen molar-refractivity contribution in [2.45, 2.75) is 19.6 Å². The molecule has 1 unspecified atom stereocenters. The fraction of sp³-hybridized carbons (Fsp3) is 0.364. The maximum Gasteiger partial charge on any atom is 0.201 e. The summed E-state index contributed by atoms with van der Waals surface area (Å²) in [4.78, 5) is 3.88. The zero-order chi connectivity index (χ0) is 12.6. The second kappa shape index (κ2) is 4.29. The molecule has 0 saturated carbocycles. The van der Waals surface area contributed by atoms with Crippen LogP contribution in [0, 0.1) is 11.6 Å². The van der Waals surface area contributed by atoms with Crippen LogP contribution < -0.4 is 5.73 Å². The average Bonchev–Trinajstić information content (AvgIpc) is 2.57. The summed E-state index contributed by atoms with van der Waals surface area (Å²) in [6, 6.07) is 2.00. The summed E-state index contributed by atoms with van der Waals surface area (Å²) in [5.74, 6) is -1.22. The van der Waals surface area contributed by atoms with Crippen LogP contribution in [-0.4, -0.2) is 22.8 Å². The van der Waals surface area contributed by atoms with E-state index in [0.29, 0.717) is 12.1 Å². The van der Waals surface area contributed by atoms with Crippen LogP contribution in [0.5, 0.6) is 0 Å². The van der Waals surface area contributed by atoms with Crippen LogP contribution in [0.15, 0.2) is 12.1 Å². The number of halogens is 2. The van der Waals surface area contributed by atoms with Crippen LogP contribution in [-0.2, 0) is 11.3 Å². The number of hydrogen-bond donors (Lipinski definition) is 1. The largest absolute Gasteiger partial charge is 0.380 e. The number of fused-ring (bicyclic) bond motifs is 1. The summed E-state index contributed by atoms with van der Waals surface area (Å²) in [5, 5.41) is 0. The van der Waals surface area contributed by atoms with Gasteiger partial charge in [0.1, 0.15) is 11.3 Å². The van der Waals surface area contributed by atoms with Gasteiger partial charge >= 0.3 is 0 Å². The summed E-state index contributed by atoms with van der Waals surface area (Å²) in [5.41, 5.74) is 6.10. The number of nitrogens with two attached hydrogens (primary N) is 1. The molecule has 1 heterocycles. The third-order valence-electron chi connectivity index (χ3n) is 2.64. The Kier molecular flexibility index (Phi) is 2.97. The number of rotatable bonds is 3. The number of nitrogen functional groups attached to an aromatic ring is 1. The number of imidazole rings is 1. The molecule has 17 heavy (non-hydrogen) atoms. The highest BCUT2D eigenvalue weighted by molar-refractivity contribution is 5.79. The van der Waals surface area contributed by atoms with Gasteiger partial charge in [-0.3, -0.25) is 0 Å². The molecular weight excluding hydrogens is 228 g/mol. The van der Waals surface area contributed by atoms with E-state index >= 15 is 0 Å². The quantitative estimate of drug-likeness (QED) is 0.893. The van der Waals surface area contributed by atoms with Crippen LogP contribution in [0.4, 0.5) is 14.7 Å².